The first-order valence-corrected chi connectivity index (χ1v) is 8.28. The number of aromatic nitrogens is 2. The topological polar surface area (TPSA) is 53.6 Å². The van der Waals surface area contributed by atoms with Crippen molar-refractivity contribution < 1.29 is 0 Å². The summed E-state index contributed by atoms with van der Waals surface area (Å²) >= 11 is 1.70. The van der Waals surface area contributed by atoms with E-state index in [1.165, 1.54) is 4.88 Å². The zero-order valence-electron chi connectivity index (χ0n) is 12.7. The van der Waals surface area contributed by atoms with E-state index >= 15 is 0 Å². The van der Waals surface area contributed by atoms with E-state index in [9.17, 15) is 5.26 Å². The van der Waals surface area contributed by atoms with Crippen LogP contribution in [0.3, 0.4) is 0 Å². The minimum atomic E-state index is -0.431. The van der Waals surface area contributed by atoms with Crippen LogP contribution in [0, 0.1) is 11.3 Å². The van der Waals surface area contributed by atoms with Gasteiger partial charge in [0.2, 0.25) is 0 Å². The molecule has 4 nitrogen and oxygen atoms in total. The molecular formula is C16H22N4S. The fourth-order valence-electron chi connectivity index (χ4n) is 2.31. The quantitative estimate of drug-likeness (QED) is 0.809. The SMILES string of the molecule is CCCNC(C)(C#N)CCCn1ccnc1-c1cccs1. The first-order valence-electron chi connectivity index (χ1n) is 7.40. The number of hydrogen-bond acceptors (Lipinski definition) is 4. The highest BCUT2D eigenvalue weighted by Crippen LogP contribution is 2.23. The maximum Gasteiger partial charge on any atom is 0.149 e. The highest BCUT2D eigenvalue weighted by molar-refractivity contribution is 7.13. The summed E-state index contributed by atoms with van der Waals surface area (Å²) in [6.45, 7) is 5.87. The van der Waals surface area contributed by atoms with Gasteiger partial charge in [-0.2, -0.15) is 5.26 Å². The second kappa shape index (κ2) is 7.39. The minimum absolute atomic E-state index is 0.431. The van der Waals surface area contributed by atoms with Crippen LogP contribution in [0.4, 0.5) is 0 Å². The van der Waals surface area contributed by atoms with E-state index in [2.05, 4.69) is 39.3 Å². The van der Waals surface area contributed by atoms with Gasteiger partial charge in [0.1, 0.15) is 11.4 Å². The standard InChI is InChI=1S/C16H22N4S/c1-3-8-19-16(2,13-17)7-5-10-20-11-9-18-15(20)14-6-4-12-21-14/h4,6,9,11-12,19H,3,5,7-8,10H2,1-2H3. The molecule has 0 radical (unpaired) electrons. The lowest BCUT2D eigenvalue weighted by molar-refractivity contribution is 0.395. The van der Waals surface area contributed by atoms with Crippen molar-refractivity contribution in [1.29, 1.82) is 5.26 Å². The van der Waals surface area contributed by atoms with Crippen molar-refractivity contribution in [3.05, 3.63) is 29.9 Å². The van der Waals surface area contributed by atoms with Crippen LogP contribution in [0.15, 0.2) is 29.9 Å². The number of thiophene rings is 1. The molecule has 5 heteroatoms. The molecule has 2 rings (SSSR count). The van der Waals surface area contributed by atoms with Crippen molar-refractivity contribution in [1.82, 2.24) is 14.9 Å². The van der Waals surface area contributed by atoms with E-state index in [0.717, 1.165) is 38.2 Å². The number of nitrogens with one attached hydrogen (secondary N) is 1. The van der Waals surface area contributed by atoms with E-state index in [1.807, 2.05) is 25.4 Å². The van der Waals surface area contributed by atoms with Crippen LogP contribution in [0.1, 0.15) is 33.1 Å². The van der Waals surface area contributed by atoms with Crippen LogP contribution >= 0.6 is 11.3 Å². The number of rotatable bonds is 8. The maximum atomic E-state index is 9.34. The van der Waals surface area contributed by atoms with Gasteiger partial charge in [-0.1, -0.05) is 13.0 Å². The molecule has 112 valence electrons. The Bertz CT molecular complexity index is 582. The molecule has 0 aromatic carbocycles. The van der Waals surface area contributed by atoms with E-state index in [4.69, 9.17) is 0 Å². The van der Waals surface area contributed by atoms with Gasteiger partial charge in [0.25, 0.3) is 0 Å². The van der Waals surface area contributed by atoms with Gasteiger partial charge in [-0.3, -0.25) is 5.32 Å². The Morgan fingerprint density at radius 3 is 3.05 bits per heavy atom. The Hall–Kier alpha value is -1.64. The van der Waals surface area contributed by atoms with Gasteiger partial charge < -0.3 is 4.57 Å². The predicted octanol–water partition coefficient (Wildman–Crippen LogP) is 3.67. The molecule has 0 amide bonds. The third-order valence-electron chi connectivity index (χ3n) is 3.54. The van der Waals surface area contributed by atoms with Crippen LogP contribution in [-0.4, -0.2) is 21.6 Å². The Balaban J connectivity index is 1.92. The van der Waals surface area contributed by atoms with Crippen molar-refractivity contribution in [2.45, 2.75) is 45.2 Å². The summed E-state index contributed by atoms with van der Waals surface area (Å²) < 4.78 is 2.17. The molecule has 1 N–H and O–H groups in total. The molecule has 2 heterocycles. The molecule has 0 spiro atoms. The van der Waals surface area contributed by atoms with E-state index in [0.29, 0.717) is 0 Å². The lowest BCUT2D eigenvalue weighted by Crippen LogP contribution is -2.41. The highest BCUT2D eigenvalue weighted by Gasteiger charge is 2.22. The second-order valence-corrected chi connectivity index (χ2v) is 6.34. The van der Waals surface area contributed by atoms with E-state index in [1.54, 1.807) is 11.3 Å². The lowest BCUT2D eigenvalue weighted by Gasteiger charge is -2.23. The lowest BCUT2D eigenvalue weighted by atomic mass is 9.97. The average molecular weight is 302 g/mol. The van der Waals surface area contributed by atoms with Crippen LogP contribution in [0.2, 0.25) is 0 Å². The summed E-state index contributed by atoms with van der Waals surface area (Å²) in [5, 5.41) is 14.7. The van der Waals surface area contributed by atoms with Gasteiger partial charge in [-0.15, -0.1) is 11.3 Å². The molecule has 0 fully saturated rings. The van der Waals surface area contributed by atoms with Crippen molar-refractivity contribution in [3.63, 3.8) is 0 Å². The largest absolute Gasteiger partial charge is 0.330 e. The fraction of sp³-hybridized carbons (Fsp3) is 0.500. The van der Waals surface area contributed by atoms with Crippen molar-refractivity contribution in [2.75, 3.05) is 6.54 Å². The summed E-state index contributed by atoms with van der Waals surface area (Å²) in [7, 11) is 0. The van der Waals surface area contributed by atoms with Crippen molar-refractivity contribution in [2.24, 2.45) is 0 Å². The molecule has 0 aliphatic rings. The van der Waals surface area contributed by atoms with Gasteiger partial charge in [-0.25, -0.2) is 4.98 Å². The molecule has 0 aliphatic heterocycles. The molecule has 0 saturated heterocycles. The Kier molecular flexibility index (Phi) is 5.54. The molecule has 1 unspecified atom stereocenters. The number of imidazole rings is 1. The van der Waals surface area contributed by atoms with Crippen molar-refractivity contribution in [3.8, 4) is 16.8 Å². The molecule has 2 aromatic rings. The Labute approximate surface area is 130 Å². The third-order valence-corrected chi connectivity index (χ3v) is 4.41. The van der Waals surface area contributed by atoms with Crippen LogP contribution in [0.25, 0.3) is 10.7 Å². The first kappa shape index (κ1) is 15.7. The number of nitrogens with zero attached hydrogens (tertiary/aromatic N) is 3. The second-order valence-electron chi connectivity index (χ2n) is 5.40. The summed E-state index contributed by atoms with van der Waals surface area (Å²) in [5.41, 5.74) is -0.431. The predicted molar refractivity (Wildman–Crippen MR) is 87.1 cm³/mol. The normalized spacial score (nSPS) is 13.8. The monoisotopic (exact) mass is 302 g/mol. The molecule has 0 saturated carbocycles. The van der Waals surface area contributed by atoms with Crippen molar-refractivity contribution >= 4 is 11.3 Å². The summed E-state index contributed by atoms with van der Waals surface area (Å²) in [6, 6.07) is 6.53. The molecule has 2 aromatic heterocycles. The molecule has 0 aliphatic carbocycles. The Morgan fingerprint density at radius 2 is 2.38 bits per heavy atom. The van der Waals surface area contributed by atoms with E-state index < -0.39 is 5.54 Å². The molecular weight excluding hydrogens is 280 g/mol. The number of nitriles is 1. The first-order chi connectivity index (χ1) is 10.2. The van der Waals surface area contributed by atoms with Gasteiger partial charge in [-0.05, 0) is 44.2 Å². The molecule has 21 heavy (non-hydrogen) atoms. The number of aryl methyl sites for hydroxylation is 1. The van der Waals surface area contributed by atoms with E-state index in [-0.39, 0.29) is 0 Å². The van der Waals surface area contributed by atoms with Crippen LogP contribution in [-0.2, 0) is 6.54 Å². The zero-order chi connectivity index (χ0) is 15.1. The zero-order valence-corrected chi connectivity index (χ0v) is 13.5. The van der Waals surface area contributed by atoms with Gasteiger partial charge in [0.05, 0.1) is 10.9 Å². The fourth-order valence-corrected chi connectivity index (χ4v) is 3.04. The van der Waals surface area contributed by atoms with Gasteiger partial charge in [0, 0.05) is 18.9 Å². The summed E-state index contributed by atoms with van der Waals surface area (Å²) in [6.07, 6.45) is 6.69. The molecule has 0 bridgehead atoms. The summed E-state index contributed by atoms with van der Waals surface area (Å²) in [4.78, 5) is 5.62. The summed E-state index contributed by atoms with van der Waals surface area (Å²) in [5.74, 6) is 1.02. The smallest absolute Gasteiger partial charge is 0.149 e. The highest BCUT2D eigenvalue weighted by atomic mass is 32.1. The maximum absolute atomic E-state index is 9.34. The molecule has 1 atom stereocenters. The third kappa shape index (κ3) is 4.16. The Morgan fingerprint density at radius 1 is 1.52 bits per heavy atom. The van der Waals surface area contributed by atoms with Crippen LogP contribution in [0.5, 0.6) is 0 Å². The average Bonchev–Trinajstić information content (AvgIpc) is 3.15. The number of hydrogen-bond donors (Lipinski definition) is 1. The van der Waals surface area contributed by atoms with Crippen LogP contribution < -0.4 is 5.32 Å². The van der Waals surface area contributed by atoms with Gasteiger partial charge in [0.15, 0.2) is 0 Å². The minimum Gasteiger partial charge on any atom is -0.330 e. The van der Waals surface area contributed by atoms with Gasteiger partial charge >= 0.3 is 0 Å².